The SMILES string of the molecule is Cc1ncccc1O[C@H]1CC[C@@H](c2cc(Nc3ccc4c(c3)C(C)(C)NC4=O)n[nH]2)C1. The Labute approximate surface area is 181 Å². The zero-order chi connectivity index (χ0) is 21.6. The van der Waals surface area contributed by atoms with Crippen molar-refractivity contribution in [2.45, 2.75) is 57.6 Å². The van der Waals surface area contributed by atoms with Gasteiger partial charge in [0.05, 0.1) is 17.3 Å². The molecular formula is C24H27N5O2. The number of nitrogens with zero attached hydrogens (tertiary/aromatic N) is 2. The first kappa shape index (κ1) is 19.6. The lowest BCUT2D eigenvalue weighted by atomic mass is 9.94. The number of hydrogen-bond donors (Lipinski definition) is 3. The normalized spacial score (nSPS) is 21.6. The van der Waals surface area contributed by atoms with Gasteiger partial charge in [-0.05, 0) is 75.9 Å². The number of nitrogens with one attached hydrogen (secondary N) is 3. The van der Waals surface area contributed by atoms with E-state index in [1.165, 1.54) is 0 Å². The summed E-state index contributed by atoms with van der Waals surface area (Å²) in [7, 11) is 0. The van der Waals surface area contributed by atoms with Crippen molar-refractivity contribution in [2.75, 3.05) is 5.32 Å². The highest BCUT2D eigenvalue weighted by Crippen LogP contribution is 2.37. The molecule has 0 saturated heterocycles. The lowest BCUT2D eigenvalue weighted by molar-refractivity contribution is 0.0940. The summed E-state index contributed by atoms with van der Waals surface area (Å²) < 4.78 is 6.19. The summed E-state index contributed by atoms with van der Waals surface area (Å²) >= 11 is 0. The number of anilines is 2. The van der Waals surface area contributed by atoms with Crippen molar-refractivity contribution < 1.29 is 9.53 Å². The number of ether oxygens (including phenoxy) is 1. The second kappa shape index (κ2) is 7.41. The zero-order valence-electron chi connectivity index (χ0n) is 18.0. The number of aryl methyl sites for hydroxylation is 1. The quantitative estimate of drug-likeness (QED) is 0.566. The molecule has 3 heterocycles. The van der Waals surface area contributed by atoms with E-state index in [0.717, 1.165) is 59.0 Å². The van der Waals surface area contributed by atoms with Crippen LogP contribution in [0.4, 0.5) is 11.5 Å². The van der Waals surface area contributed by atoms with Crippen LogP contribution in [0, 0.1) is 6.92 Å². The van der Waals surface area contributed by atoms with Crippen LogP contribution >= 0.6 is 0 Å². The molecular weight excluding hydrogens is 390 g/mol. The largest absolute Gasteiger partial charge is 0.489 e. The van der Waals surface area contributed by atoms with Gasteiger partial charge >= 0.3 is 0 Å². The molecule has 160 valence electrons. The van der Waals surface area contributed by atoms with Crippen molar-refractivity contribution in [1.82, 2.24) is 20.5 Å². The van der Waals surface area contributed by atoms with Crippen LogP contribution in [0.25, 0.3) is 0 Å². The number of benzene rings is 1. The minimum Gasteiger partial charge on any atom is -0.489 e. The Morgan fingerprint density at radius 2 is 2.06 bits per heavy atom. The summed E-state index contributed by atoms with van der Waals surface area (Å²) in [6, 6.07) is 11.8. The van der Waals surface area contributed by atoms with Gasteiger partial charge in [-0.15, -0.1) is 0 Å². The van der Waals surface area contributed by atoms with Crippen molar-refractivity contribution in [2.24, 2.45) is 0 Å². The van der Waals surface area contributed by atoms with Crippen molar-refractivity contribution >= 4 is 17.4 Å². The zero-order valence-corrected chi connectivity index (χ0v) is 18.0. The first-order valence-corrected chi connectivity index (χ1v) is 10.8. The highest BCUT2D eigenvalue weighted by molar-refractivity contribution is 6.00. The van der Waals surface area contributed by atoms with E-state index in [1.807, 2.05) is 51.1 Å². The molecule has 1 saturated carbocycles. The molecule has 0 spiro atoms. The lowest BCUT2D eigenvalue weighted by Gasteiger charge is -2.19. The molecule has 0 radical (unpaired) electrons. The third-order valence-corrected chi connectivity index (χ3v) is 6.31. The first-order chi connectivity index (χ1) is 14.9. The van der Waals surface area contributed by atoms with Gasteiger partial charge in [-0.1, -0.05) is 0 Å². The Morgan fingerprint density at radius 3 is 2.90 bits per heavy atom. The maximum atomic E-state index is 12.1. The number of hydrogen-bond acceptors (Lipinski definition) is 5. The average Bonchev–Trinajstić information content (AvgIpc) is 3.43. The van der Waals surface area contributed by atoms with Gasteiger partial charge < -0.3 is 15.4 Å². The Kier molecular flexibility index (Phi) is 4.68. The van der Waals surface area contributed by atoms with Crippen molar-refractivity contribution in [1.29, 1.82) is 0 Å². The first-order valence-electron chi connectivity index (χ1n) is 10.8. The number of carbonyl (C=O) groups excluding carboxylic acids is 1. The Hall–Kier alpha value is -3.35. The van der Waals surface area contributed by atoms with Gasteiger partial charge in [0.2, 0.25) is 0 Å². The highest BCUT2D eigenvalue weighted by atomic mass is 16.5. The van der Waals surface area contributed by atoms with Crippen LogP contribution in [-0.4, -0.2) is 27.2 Å². The smallest absolute Gasteiger partial charge is 0.252 e. The van der Waals surface area contributed by atoms with E-state index in [1.54, 1.807) is 6.20 Å². The van der Waals surface area contributed by atoms with Crippen molar-refractivity contribution in [3.63, 3.8) is 0 Å². The van der Waals surface area contributed by atoms with Gasteiger partial charge in [0.25, 0.3) is 5.91 Å². The van der Waals surface area contributed by atoms with E-state index in [4.69, 9.17) is 4.74 Å². The summed E-state index contributed by atoms with van der Waals surface area (Å²) in [5.74, 6) is 2.02. The summed E-state index contributed by atoms with van der Waals surface area (Å²) in [5.41, 5.74) is 4.33. The van der Waals surface area contributed by atoms with Crippen LogP contribution < -0.4 is 15.4 Å². The van der Waals surface area contributed by atoms with Gasteiger partial charge in [0.1, 0.15) is 5.75 Å². The Balaban J connectivity index is 1.25. The molecule has 3 aromatic rings. The highest BCUT2D eigenvalue weighted by Gasteiger charge is 2.35. The van der Waals surface area contributed by atoms with Gasteiger partial charge in [-0.3, -0.25) is 14.9 Å². The fraction of sp³-hybridized carbons (Fsp3) is 0.375. The second-order valence-corrected chi connectivity index (χ2v) is 9.01. The van der Waals surface area contributed by atoms with Crippen LogP contribution in [0.15, 0.2) is 42.6 Å². The fourth-order valence-electron chi connectivity index (χ4n) is 4.62. The summed E-state index contributed by atoms with van der Waals surface area (Å²) in [6.45, 7) is 6.00. The van der Waals surface area contributed by atoms with Crippen molar-refractivity contribution in [3.8, 4) is 5.75 Å². The predicted molar refractivity (Wildman–Crippen MR) is 119 cm³/mol. The molecule has 1 aromatic carbocycles. The lowest BCUT2D eigenvalue weighted by Crippen LogP contribution is -2.32. The van der Waals surface area contributed by atoms with E-state index >= 15 is 0 Å². The third kappa shape index (κ3) is 3.76. The van der Waals surface area contributed by atoms with E-state index < -0.39 is 0 Å². The fourth-order valence-corrected chi connectivity index (χ4v) is 4.62. The van der Waals surface area contributed by atoms with E-state index in [9.17, 15) is 4.79 Å². The average molecular weight is 418 g/mol. The number of aromatic nitrogens is 3. The molecule has 2 atom stereocenters. The Morgan fingerprint density at radius 1 is 1.19 bits per heavy atom. The molecule has 1 aliphatic carbocycles. The standard InChI is InChI=1S/C24H27N5O2/c1-14-21(5-4-10-25-14)31-17-8-6-15(11-17)20-13-22(29-28-20)26-16-7-9-18-19(12-16)24(2,3)27-23(18)30/h4-5,7,9-10,12-13,15,17H,6,8,11H2,1-3H3,(H,27,30)(H2,26,28,29)/t15-,17+/m1/s1. The molecule has 5 rings (SSSR count). The number of H-pyrrole nitrogens is 1. The molecule has 2 aromatic heterocycles. The van der Waals surface area contributed by atoms with Gasteiger partial charge in [0, 0.05) is 35.1 Å². The number of carbonyl (C=O) groups is 1. The maximum absolute atomic E-state index is 12.1. The van der Waals surface area contributed by atoms with Crippen molar-refractivity contribution in [3.05, 3.63) is 65.1 Å². The van der Waals surface area contributed by atoms with E-state index in [-0.39, 0.29) is 17.6 Å². The van der Waals surface area contributed by atoms with Crippen LogP contribution in [0.5, 0.6) is 5.75 Å². The molecule has 7 heteroatoms. The summed E-state index contributed by atoms with van der Waals surface area (Å²) in [6.07, 6.45) is 5.01. The number of pyridine rings is 1. The molecule has 1 amide bonds. The van der Waals surface area contributed by atoms with Crippen LogP contribution in [-0.2, 0) is 5.54 Å². The van der Waals surface area contributed by atoms with Gasteiger partial charge in [-0.2, -0.15) is 5.10 Å². The monoisotopic (exact) mass is 417 g/mol. The molecule has 31 heavy (non-hydrogen) atoms. The number of aromatic amines is 1. The second-order valence-electron chi connectivity index (χ2n) is 9.01. The molecule has 0 bridgehead atoms. The Bertz CT molecular complexity index is 1140. The van der Waals surface area contributed by atoms with E-state index in [2.05, 4.69) is 31.9 Å². The van der Waals surface area contributed by atoms with Crippen LogP contribution in [0.3, 0.4) is 0 Å². The van der Waals surface area contributed by atoms with Crippen LogP contribution in [0.1, 0.15) is 66.3 Å². The number of fused-ring (bicyclic) bond motifs is 1. The minimum absolute atomic E-state index is 0.0203. The molecule has 2 aliphatic rings. The minimum atomic E-state index is -0.369. The molecule has 0 unspecified atom stereocenters. The molecule has 1 aliphatic heterocycles. The number of rotatable bonds is 5. The van der Waals surface area contributed by atoms with E-state index in [0.29, 0.717) is 5.92 Å². The molecule has 7 nitrogen and oxygen atoms in total. The predicted octanol–water partition coefficient (Wildman–Crippen LogP) is 4.55. The number of amides is 1. The third-order valence-electron chi connectivity index (χ3n) is 6.31. The summed E-state index contributed by atoms with van der Waals surface area (Å²) in [4.78, 5) is 16.4. The van der Waals surface area contributed by atoms with Crippen LogP contribution in [0.2, 0.25) is 0 Å². The maximum Gasteiger partial charge on any atom is 0.252 e. The van der Waals surface area contributed by atoms with Gasteiger partial charge in [0.15, 0.2) is 5.82 Å². The topological polar surface area (TPSA) is 91.9 Å². The molecule has 1 fully saturated rings. The van der Waals surface area contributed by atoms with Gasteiger partial charge in [-0.25, -0.2) is 0 Å². The molecule has 3 N–H and O–H groups in total. The summed E-state index contributed by atoms with van der Waals surface area (Å²) in [5, 5.41) is 14.0.